The highest BCUT2D eigenvalue weighted by Crippen LogP contribution is 2.35. The number of ether oxygens (including phenoxy) is 2. The summed E-state index contributed by atoms with van der Waals surface area (Å²) >= 11 is 0. The zero-order valence-corrected chi connectivity index (χ0v) is 18.0. The van der Waals surface area contributed by atoms with Gasteiger partial charge in [0.25, 0.3) is 17.5 Å². The van der Waals surface area contributed by atoms with Crippen LogP contribution in [0.1, 0.15) is 20.7 Å². The largest absolute Gasteiger partial charge is 0.525 e. The molecule has 3 aromatic carbocycles. The van der Waals surface area contributed by atoms with Crippen LogP contribution in [0.4, 0.5) is 23.7 Å². The van der Waals surface area contributed by atoms with Gasteiger partial charge in [0.05, 0.1) is 16.1 Å². The fourth-order valence-corrected chi connectivity index (χ4v) is 3.59. The first-order chi connectivity index (χ1) is 16.8. The highest BCUT2D eigenvalue weighted by atomic mass is 32.2. The molecule has 0 radical (unpaired) electrons. The molecule has 16 heteroatoms. The van der Waals surface area contributed by atoms with Crippen molar-refractivity contribution in [1.29, 1.82) is 0 Å². The number of nitrogens with zero attached hydrogens (tertiary/aromatic N) is 2. The van der Waals surface area contributed by atoms with Crippen molar-refractivity contribution < 1.29 is 54.7 Å². The van der Waals surface area contributed by atoms with Crippen LogP contribution in [-0.4, -0.2) is 41.9 Å². The van der Waals surface area contributed by atoms with Crippen molar-refractivity contribution in [2.75, 3.05) is 0 Å². The lowest BCUT2D eigenvalue weighted by molar-refractivity contribution is -0.384. The van der Waals surface area contributed by atoms with E-state index in [1.54, 1.807) is 0 Å². The lowest BCUT2D eigenvalue weighted by Crippen LogP contribution is -2.44. The first-order valence-electron chi connectivity index (χ1n) is 9.39. The van der Waals surface area contributed by atoms with Gasteiger partial charge in [0, 0.05) is 17.5 Å². The molecular weight excluding hydrogens is 517 g/mol. The molecule has 0 saturated heterocycles. The quantitative estimate of drug-likeness (QED) is 0.120. The van der Waals surface area contributed by atoms with Gasteiger partial charge in [0.2, 0.25) is 0 Å². The molecule has 0 aliphatic carbocycles. The highest BCUT2D eigenvalue weighted by Gasteiger charge is 2.51. The number of carbonyl (C=O) groups is 3. The molecule has 12 nitrogen and oxygen atoms in total. The van der Waals surface area contributed by atoms with Crippen LogP contribution in [-0.2, 0) is 14.4 Å². The van der Waals surface area contributed by atoms with Crippen LogP contribution >= 0.6 is 0 Å². The number of hydrogen-bond acceptors (Lipinski definition) is 10. The third-order valence-corrected chi connectivity index (χ3v) is 5.60. The molecule has 0 aromatic heterocycles. The van der Waals surface area contributed by atoms with Crippen LogP contribution in [0.3, 0.4) is 0 Å². The molecule has 0 saturated carbocycles. The van der Waals surface area contributed by atoms with Crippen molar-refractivity contribution in [2.45, 2.75) is 5.51 Å². The summed E-state index contributed by atoms with van der Waals surface area (Å²) in [4.78, 5) is 47.5. The van der Waals surface area contributed by atoms with Crippen molar-refractivity contribution in [1.82, 2.24) is 5.06 Å². The summed E-state index contributed by atoms with van der Waals surface area (Å²) < 4.78 is 74.7. The lowest BCUT2D eigenvalue weighted by Gasteiger charge is -2.25. The molecule has 4 rings (SSSR count). The van der Waals surface area contributed by atoms with E-state index in [0.717, 1.165) is 36.4 Å². The van der Waals surface area contributed by atoms with E-state index in [9.17, 15) is 46.1 Å². The molecule has 0 spiro atoms. The first-order valence-corrected chi connectivity index (χ1v) is 10.8. The van der Waals surface area contributed by atoms with E-state index in [1.807, 2.05) is 0 Å². The lowest BCUT2D eigenvalue weighted by atomic mass is 9.95. The minimum absolute atomic E-state index is 0.0483. The Morgan fingerprint density at radius 3 is 2.14 bits per heavy atom. The Morgan fingerprint density at radius 2 is 1.53 bits per heavy atom. The number of nitro benzene ring substituents is 1. The summed E-state index contributed by atoms with van der Waals surface area (Å²) in [6, 6.07) is 10.2. The van der Waals surface area contributed by atoms with E-state index in [4.69, 9.17) is 9.47 Å². The summed E-state index contributed by atoms with van der Waals surface area (Å²) in [7, 11) is -6.37. The normalized spacial score (nSPS) is 13.6. The van der Waals surface area contributed by atoms with Crippen LogP contribution in [0.25, 0.3) is 10.8 Å². The van der Waals surface area contributed by atoms with Gasteiger partial charge in [0.15, 0.2) is 0 Å². The van der Waals surface area contributed by atoms with Crippen LogP contribution in [0.2, 0.25) is 0 Å². The average Bonchev–Trinajstić information content (AvgIpc) is 2.79. The number of alkyl halides is 3. The van der Waals surface area contributed by atoms with Gasteiger partial charge in [-0.15, -0.1) is 9.35 Å². The van der Waals surface area contributed by atoms with Gasteiger partial charge in [-0.3, -0.25) is 19.7 Å². The van der Waals surface area contributed by atoms with Gasteiger partial charge < -0.3 is 9.47 Å². The fourth-order valence-electron chi connectivity index (χ4n) is 3.17. The third-order valence-electron chi connectivity index (χ3n) is 4.69. The Bertz CT molecular complexity index is 1550. The topological polar surface area (TPSA) is 159 Å². The molecule has 186 valence electrons. The van der Waals surface area contributed by atoms with E-state index in [1.165, 1.54) is 18.2 Å². The molecule has 0 fully saturated rings. The van der Waals surface area contributed by atoms with Crippen LogP contribution in [0.15, 0.2) is 54.6 Å². The maximum Gasteiger partial charge on any atom is 0.525 e. The molecule has 1 aliphatic heterocycles. The number of benzene rings is 3. The highest BCUT2D eigenvalue weighted by molar-refractivity contribution is 7.87. The maximum atomic E-state index is 12.8. The SMILES string of the molecule is O=C(Oc1ccc([N+](=O)[O-])cc1)Oc1cc2c3c(cccc3c1)C(=O)N(OS(=O)(=O)C(F)(F)F)C2=O. The number of nitro groups is 1. The number of hydrogen-bond donors (Lipinski definition) is 0. The van der Waals surface area contributed by atoms with Gasteiger partial charge in [-0.1, -0.05) is 12.1 Å². The van der Waals surface area contributed by atoms with Gasteiger partial charge in [-0.05, 0) is 35.7 Å². The van der Waals surface area contributed by atoms with E-state index in [-0.39, 0.29) is 33.5 Å². The minimum atomic E-state index is -6.37. The molecule has 0 N–H and O–H groups in total. The zero-order chi connectivity index (χ0) is 26.4. The standard InChI is InChI=1S/C20H9F3N2O10S/c21-20(22,23)36(31,32)35-24-17(26)14-3-1-2-10-8-13(9-15(16(10)14)18(24)27)34-19(28)33-12-6-4-11(5-7-12)25(29)30/h1-9H. The molecule has 2 amide bonds. The van der Waals surface area contributed by atoms with E-state index >= 15 is 0 Å². The second kappa shape index (κ2) is 8.58. The van der Waals surface area contributed by atoms with Gasteiger partial charge in [-0.2, -0.15) is 21.6 Å². The zero-order valence-electron chi connectivity index (χ0n) is 17.2. The van der Waals surface area contributed by atoms with Crippen molar-refractivity contribution in [3.05, 3.63) is 75.8 Å². The summed E-state index contributed by atoms with van der Waals surface area (Å²) in [6.45, 7) is 0. The van der Waals surface area contributed by atoms with E-state index in [0.29, 0.717) is 0 Å². The Balaban J connectivity index is 1.65. The summed E-state index contributed by atoms with van der Waals surface area (Å²) in [5.74, 6) is -3.51. The molecule has 1 aliphatic rings. The summed E-state index contributed by atoms with van der Waals surface area (Å²) in [5.41, 5.74) is -7.04. The van der Waals surface area contributed by atoms with Crippen molar-refractivity contribution in [3.63, 3.8) is 0 Å². The Morgan fingerprint density at radius 1 is 0.917 bits per heavy atom. The number of non-ortho nitro benzene ring substituents is 1. The van der Waals surface area contributed by atoms with Crippen molar-refractivity contribution in [2.24, 2.45) is 0 Å². The monoisotopic (exact) mass is 526 g/mol. The number of rotatable bonds is 5. The minimum Gasteiger partial charge on any atom is -0.395 e. The van der Waals surface area contributed by atoms with Gasteiger partial charge >= 0.3 is 21.8 Å². The van der Waals surface area contributed by atoms with E-state index in [2.05, 4.69) is 4.28 Å². The smallest absolute Gasteiger partial charge is 0.395 e. The molecule has 0 atom stereocenters. The molecule has 1 heterocycles. The summed E-state index contributed by atoms with van der Waals surface area (Å²) in [5, 5.41) is 10.2. The number of hydroxylamine groups is 2. The Kier molecular flexibility index (Phi) is 5.85. The van der Waals surface area contributed by atoms with Gasteiger partial charge in [0.1, 0.15) is 11.5 Å². The number of amides is 2. The molecule has 0 unspecified atom stereocenters. The number of imide groups is 1. The van der Waals surface area contributed by atoms with E-state index < -0.39 is 49.1 Å². The number of carbonyl (C=O) groups excluding carboxylic acids is 3. The first kappa shape index (κ1) is 24.6. The molecule has 3 aromatic rings. The number of halogens is 3. The third kappa shape index (κ3) is 4.41. The molecule has 36 heavy (non-hydrogen) atoms. The Hall–Kier alpha value is -4.57. The predicted octanol–water partition coefficient (Wildman–Crippen LogP) is 3.70. The van der Waals surface area contributed by atoms with Crippen molar-refractivity contribution >= 4 is 44.5 Å². The molecule has 0 bridgehead atoms. The van der Waals surface area contributed by atoms with Crippen LogP contribution in [0, 0.1) is 10.1 Å². The fraction of sp³-hybridized carbons (Fsp3) is 0.0500. The summed E-state index contributed by atoms with van der Waals surface area (Å²) in [6.07, 6.45) is -1.35. The van der Waals surface area contributed by atoms with Gasteiger partial charge in [-0.25, -0.2) is 4.79 Å². The molecular formula is C20H9F3N2O10S. The second-order valence-electron chi connectivity index (χ2n) is 6.96. The maximum absolute atomic E-state index is 12.8. The Labute approximate surface area is 197 Å². The van der Waals surface area contributed by atoms with Crippen LogP contribution in [0.5, 0.6) is 11.5 Å². The predicted molar refractivity (Wildman–Crippen MR) is 110 cm³/mol. The van der Waals surface area contributed by atoms with Crippen LogP contribution < -0.4 is 9.47 Å². The second-order valence-corrected chi connectivity index (χ2v) is 8.48. The average molecular weight is 526 g/mol. The van der Waals surface area contributed by atoms with Crippen molar-refractivity contribution in [3.8, 4) is 11.5 Å².